The van der Waals surface area contributed by atoms with Crippen LogP contribution in [0.3, 0.4) is 0 Å². The molecule has 7 nitrogen and oxygen atoms in total. The van der Waals surface area contributed by atoms with Crippen LogP contribution in [-0.4, -0.2) is 37.3 Å². The van der Waals surface area contributed by atoms with E-state index >= 15 is 0 Å². The number of aromatic hydroxyl groups is 1. The number of aryl methyl sites for hydroxylation is 1. The van der Waals surface area contributed by atoms with Gasteiger partial charge >= 0.3 is 5.97 Å². The van der Waals surface area contributed by atoms with E-state index in [-0.39, 0.29) is 11.3 Å². The number of anilines is 1. The summed E-state index contributed by atoms with van der Waals surface area (Å²) in [6.07, 6.45) is -1.08. The molecule has 0 aliphatic rings. The molecule has 0 saturated heterocycles. The van der Waals surface area contributed by atoms with Crippen LogP contribution >= 0.6 is 0 Å². The van der Waals surface area contributed by atoms with Crippen molar-refractivity contribution in [1.82, 2.24) is 0 Å². The monoisotopic (exact) mass is 359 g/mol. The quantitative estimate of drug-likeness (QED) is 0.770. The molecule has 2 aromatic carbocycles. The first-order valence-electron chi connectivity index (χ1n) is 7.89. The molecule has 1 atom stereocenters. The van der Waals surface area contributed by atoms with Crippen molar-refractivity contribution in [3.63, 3.8) is 0 Å². The van der Waals surface area contributed by atoms with Gasteiger partial charge in [0, 0.05) is 6.07 Å². The van der Waals surface area contributed by atoms with Crippen molar-refractivity contribution in [2.75, 3.05) is 19.5 Å². The largest absolute Gasteiger partial charge is 0.507 e. The van der Waals surface area contributed by atoms with Gasteiger partial charge in [0.05, 0.1) is 19.9 Å². The minimum atomic E-state index is -1.08. The first-order valence-corrected chi connectivity index (χ1v) is 7.89. The third-order valence-electron chi connectivity index (χ3n) is 3.69. The number of carbonyl (C=O) groups excluding carboxylic acids is 2. The van der Waals surface area contributed by atoms with Crippen LogP contribution in [0.2, 0.25) is 0 Å². The van der Waals surface area contributed by atoms with Gasteiger partial charge < -0.3 is 24.6 Å². The molecule has 2 aromatic rings. The topological polar surface area (TPSA) is 94.1 Å². The van der Waals surface area contributed by atoms with E-state index in [0.717, 1.165) is 5.56 Å². The molecule has 138 valence electrons. The number of phenols is 1. The van der Waals surface area contributed by atoms with Crippen LogP contribution in [0.25, 0.3) is 0 Å². The van der Waals surface area contributed by atoms with Crippen molar-refractivity contribution < 1.29 is 28.9 Å². The van der Waals surface area contributed by atoms with Crippen molar-refractivity contribution in [1.29, 1.82) is 0 Å². The predicted octanol–water partition coefficient (Wildman–Crippen LogP) is 2.90. The third kappa shape index (κ3) is 4.44. The summed E-state index contributed by atoms with van der Waals surface area (Å²) in [6, 6.07) is 9.49. The zero-order valence-corrected chi connectivity index (χ0v) is 15.0. The lowest BCUT2D eigenvalue weighted by Gasteiger charge is -2.16. The van der Waals surface area contributed by atoms with Gasteiger partial charge in [-0.1, -0.05) is 11.6 Å². The molecule has 0 aromatic heterocycles. The molecule has 0 bridgehead atoms. The Morgan fingerprint density at radius 3 is 2.46 bits per heavy atom. The molecule has 0 aliphatic carbocycles. The second kappa shape index (κ2) is 8.24. The number of phenolic OH excluding ortho intramolecular Hbond substituents is 1. The SMILES string of the molecule is COc1ccc(OC)c(NC(=O)C(C)OC(=O)c2cc(C)ccc2O)c1. The Kier molecular flexibility index (Phi) is 6.06. The van der Waals surface area contributed by atoms with E-state index in [9.17, 15) is 14.7 Å². The molecular formula is C19H21NO6. The van der Waals surface area contributed by atoms with Crippen molar-refractivity contribution >= 4 is 17.6 Å². The van der Waals surface area contributed by atoms with Gasteiger partial charge in [0.2, 0.25) is 0 Å². The molecule has 0 saturated carbocycles. The summed E-state index contributed by atoms with van der Waals surface area (Å²) in [5.41, 5.74) is 1.18. The standard InChI is InChI=1S/C19H21NO6/c1-11-5-7-16(21)14(9-11)19(23)26-12(2)18(22)20-15-10-13(24-3)6-8-17(15)25-4/h5-10,12,21H,1-4H3,(H,20,22). The lowest BCUT2D eigenvalue weighted by atomic mass is 10.1. The Balaban J connectivity index is 2.10. The number of hydrogen-bond acceptors (Lipinski definition) is 6. The summed E-state index contributed by atoms with van der Waals surface area (Å²) in [6.45, 7) is 3.22. The van der Waals surface area contributed by atoms with Crippen LogP contribution < -0.4 is 14.8 Å². The van der Waals surface area contributed by atoms with E-state index in [2.05, 4.69) is 5.32 Å². The van der Waals surface area contributed by atoms with Gasteiger partial charge in [0.15, 0.2) is 6.10 Å². The van der Waals surface area contributed by atoms with E-state index in [1.54, 1.807) is 31.2 Å². The molecule has 0 radical (unpaired) electrons. The summed E-state index contributed by atoms with van der Waals surface area (Å²) < 4.78 is 15.5. The highest BCUT2D eigenvalue weighted by atomic mass is 16.5. The van der Waals surface area contributed by atoms with E-state index in [1.807, 2.05) is 0 Å². The van der Waals surface area contributed by atoms with Gasteiger partial charge in [0.1, 0.15) is 22.8 Å². The summed E-state index contributed by atoms with van der Waals surface area (Å²) in [7, 11) is 2.98. The van der Waals surface area contributed by atoms with Crippen LogP contribution in [0.15, 0.2) is 36.4 Å². The van der Waals surface area contributed by atoms with Gasteiger partial charge in [-0.05, 0) is 38.1 Å². The van der Waals surface area contributed by atoms with Gasteiger partial charge in [-0.15, -0.1) is 0 Å². The summed E-state index contributed by atoms with van der Waals surface area (Å²) in [5, 5.41) is 12.4. The maximum absolute atomic E-state index is 12.4. The second-order valence-corrected chi connectivity index (χ2v) is 5.62. The Bertz CT molecular complexity index is 818. The van der Waals surface area contributed by atoms with Crippen LogP contribution in [-0.2, 0) is 9.53 Å². The smallest absolute Gasteiger partial charge is 0.342 e. The number of carbonyl (C=O) groups is 2. The lowest BCUT2D eigenvalue weighted by molar-refractivity contribution is -0.123. The fourth-order valence-electron chi connectivity index (χ4n) is 2.24. The van der Waals surface area contributed by atoms with E-state index in [1.165, 1.54) is 33.3 Å². The average molecular weight is 359 g/mol. The van der Waals surface area contributed by atoms with Crippen LogP contribution in [0.4, 0.5) is 5.69 Å². The molecule has 0 fully saturated rings. The lowest BCUT2D eigenvalue weighted by Crippen LogP contribution is -2.30. The zero-order chi connectivity index (χ0) is 19.3. The minimum absolute atomic E-state index is 0.00334. The van der Waals surface area contributed by atoms with Crippen LogP contribution in [0.5, 0.6) is 17.2 Å². The average Bonchev–Trinajstić information content (AvgIpc) is 2.63. The molecule has 1 unspecified atom stereocenters. The highest BCUT2D eigenvalue weighted by Gasteiger charge is 2.22. The first-order chi connectivity index (χ1) is 12.3. The number of nitrogens with one attached hydrogen (secondary N) is 1. The molecule has 1 amide bonds. The minimum Gasteiger partial charge on any atom is -0.507 e. The number of hydrogen-bond donors (Lipinski definition) is 2. The summed E-state index contributed by atoms with van der Waals surface area (Å²) in [5.74, 6) is -0.560. The molecule has 0 heterocycles. The number of esters is 1. The van der Waals surface area contributed by atoms with Crippen LogP contribution in [0, 0.1) is 6.92 Å². The summed E-state index contributed by atoms with van der Waals surface area (Å²) >= 11 is 0. The molecular weight excluding hydrogens is 338 g/mol. The van der Waals surface area contributed by atoms with Crippen molar-refractivity contribution in [2.24, 2.45) is 0 Å². The molecule has 0 aliphatic heterocycles. The number of amides is 1. The highest BCUT2D eigenvalue weighted by Crippen LogP contribution is 2.29. The molecule has 2 N–H and O–H groups in total. The van der Waals surface area contributed by atoms with Gasteiger partial charge in [-0.25, -0.2) is 4.79 Å². The van der Waals surface area contributed by atoms with Crippen molar-refractivity contribution in [3.05, 3.63) is 47.5 Å². The van der Waals surface area contributed by atoms with Crippen LogP contribution in [0.1, 0.15) is 22.8 Å². The highest BCUT2D eigenvalue weighted by molar-refractivity contribution is 5.99. The molecule has 0 spiro atoms. The molecule has 26 heavy (non-hydrogen) atoms. The van der Waals surface area contributed by atoms with E-state index in [0.29, 0.717) is 17.2 Å². The van der Waals surface area contributed by atoms with Gasteiger partial charge in [-0.2, -0.15) is 0 Å². The number of methoxy groups -OCH3 is 2. The van der Waals surface area contributed by atoms with Crippen molar-refractivity contribution in [2.45, 2.75) is 20.0 Å². The summed E-state index contributed by atoms with van der Waals surface area (Å²) in [4.78, 5) is 24.6. The molecule has 7 heteroatoms. The fourth-order valence-corrected chi connectivity index (χ4v) is 2.24. The van der Waals surface area contributed by atoms with E-state index < -0.39 is 18.0 Å². The number of ether oxygens (including phenoxy) is 3. The number of benzene rings is 2. The predicted molar refractivity (Wildman–Crippen MR) is 95.9 cm³/mol. The molecule has 2 rings (SSSR count). The zero-order valence-electron chi connectivity index (χ0n) is 15.0. The van der Waals surface area contributed by atoms with Crippen molar-refractivity contribution in [3.8, 4) is 17.2 Å². The second-order valence-electron chi connectivity index (χ2n) is 5.62. The Morgan fingerprint density at radius 2 is 1.81 bits per heavy atom. The Labute approximate surface area is 151 Å². The fraction of sp³-hybridized carbons (Fsp3) is 0.263. The Morgan fingerprint density at radius 1 is 1.08 bits per heavy atom. The maximum Gasteiger partial charge on any atom is 0.342 e. The van der Waals surface area contributed by atoms with Gasteiger partial charge in [-0.3, -0.25) is 4.79 Å². The van der Waals surface area contributed by atoms with E-state index in [4.69, 9.17) is 14.2 Å². The first kappa shape index (κ1) is 19.1. The normalized spacial score (nSPS) is 11.4. The Hall–Kier alpha value is -3.22. The third-order valence-corrected chi connectivity index (χ3v) is 3.69. The maximum atomic E-state index is 12.4. The number of rotatable bonds is 6. The van der Waals surface area contributed by atoms with Gasteiger partial charge in [0.25, 0.3) is 5.91 Å².